The average molecular weight is 525 g/mol. The summed E-state index contributed by atoms with van der Waals surface area (Å²) in [6, 6.07) is 7.25. The van der Waals surface area contributed by atoms with Crippen LogP contribution < -0.4 is 10.1 Å². The number of ether oxygens (including phenoxy) is 2. The number of nitrogens with one attached hydrogen (secondary N) is 2. The molecule has 2 heterocycles. The number of anilines is 1. The van der Waals surface area contributed by atoms with E-state index in [0.717, 1.165) is 47.6 Å². The number of nitrogens with zero attached hydrogens (tertiary/aromatic N) is 2. The van der Waals surface area contributed by atoms with Crippen LogP contribution in [-0.4, -0.2) is 52.2 Å². The van der Waals surface area contributed by atoms with Gasteiger partial charge in [-0.15, -0.1) is 11.3 Å². The Balaban J connectivity index is 1.36. The van der Waals surface area contributed by atoms with Crippen molar-refractivity contribution in [1.29, 1.82) is 0 Å². The second-order valence-corrected chi connectivity index (χ2v) is 11.5. The molecule has 1 aliphatic carbocycles. The van der Waals surface area contributed by atoms with E-state index in [4.69, 9.17) is 14.5 Å². The van der Waals surface area contributed by atoms with Gasteiger partial charge in [-0.1, -0.05) is 6.92 Å². The molecule has 37 heavy (non-hydrogen) atoms. The Morgan fingerprint density at radius 3 is 2.62 bits per heavy atom. The summed E-state index contributed by atoms with van der Waals surface area (Å²) in [5.74, 6) is 0.494. The second-order valence-electron chi connectivity index (χ2n) is 10.2. The van der Waals surface area contributed by atoms with Crippen molar-refractivity contribution >= 4 is 29.0 Å². The van der Waals surface area contributed by atoms with Crippen molar-refractivity contribution in [3.8, 4) is 17.0 Å². The Bertz CT molecular complexity index is 1240. The molecule has 0 saturated heterocycles. The Labute approximate surface area is 222 Å². The number of rotatable bonds is 8. The SMILES string of the molecule is CCCN(CCOc1ccc(NC(=O)c2c[nH]c3c2-c2nc(C)sc2CCC3)cc1)C(=O)OC(C)(C)C. The summed E-state index contributed by atoms with van der Waals surface area (Å²) < 4.78 is 11.3. The normalized spacial score (nSPS) is 12.8. The number of H-pyrrole nitrogens is 1. The van der Waals surface area contributed by atoms with Gasteiger partial charge in [0.1, 0.15) is 18.0 Å². The number of benzene rings is 1. The van der Waals surface area contributed by atoms with Gasteiger partial charge in [0.05, 0.1) is 22.8 Å². The molecule has 2 N–H and O–H groups in total. The fourth-order valence-electron chi connectivity index (χ4n) is 4.37. The maximum atomic E-state index is 13.2. The lowest BCUT2D eigenvalue weighted by Gasteiger charge is -2.27. The molecule has 0 saturated carbocycles. The Hall–Kier alpha value is -3.33. The van der Waals surface area contributed by atoms with E-state index in [-0.39, 0.29) is 12.0 Å². The van der Waals surface area contributed by atoms with E-state index in [2.05, 4.69) is 10.3 Å². The predicted molar refractivity (Wildman–Crippen MR) is 147 cm³/mol. The zero-order chi connectivity index (χ0) is 26.6. The minimum absolute atomic E-state index is 0.169. The highest BCUT2D eigenvalue weighted by molar-refractivity contribution is 7.12. The molecule has 0 unspecified atom stereocenters. The van der Waals surface area contributed by atoms with Gasteiger partial charge in [0.25, 0.3) is 5.91 Å². The number of amides is 2. The molecule has 0 bridgehead atoms. The lowest BCUT2D eigenvalue weighted by molar-refractivity contribution is 0.0226. The molecule has 198 valence electrons. The minimum atomic E-state index is -0.537. The number of carbonyl (C=O) groups excluding carboxylic acids is 2. The zero-order valence-corrected chi connectivity index (χ0v) is 23.1. The van der Waals surface area contributed by atoms with Gasteiger partial charge in [0.2, 0.25) is 0 Å². The van der Waals surface area contributed by atoms with Gasteiger partial charge in [-0.2, -0.15) is 0 Å². The molecule has 0 atom stereocenters. The summed E-state index contributed by atoms with van der Waals surface area (Å²) >= 11 is 1.71. The summed E-state index contributed by atoms with van der Waals surface area (Å²) in [5, 5.41) is 4.02. The molecule has 8 nitrogen and oxygen atoms in total. The van der Waals surface area contributed by atoms with E-state index >= 15 is 0 Å². The molecule has 4 rings (SSSR count). The van der Waals surface area contributed by atoms with Crippen LogP contribution in [0, 0.1) is 6.92 Å². The van der Waals surface area contributed by atoms with E-state index < -0.39 is 5.60 Å². The highest BCUT2D eigenvalue weighted by atomic mass is 32.1. The second kappa shape index (κ2) is 11.4. The van der Waals surface area contributed by atoms with Crippen LogP contribution in [0.15, 0.2) is 30.5 Å². The Morgan fingerprint density at radius 2 is 1.92 bits per heavy atom. The average Bonchev–Trinajstić information content (AvgIpc) is 3.37. The third-order valence-electron chi connectivity index (χ3n) is 5.97. The molecule has 0 aliphatic heterocycles. The maximum absolute atomic E-state index is 13.2. The molecule has 1 aliphatic rings. The van der Waals surface area contributed by atoms with Crippen LogP contribution in [0.3, 0.4) is 0 Å². The topological polar surface area (TPSA) is 96.5 Å². The quantitative estimate of drug-likeness (QED) is 0.365. The summed E-state index contributed by atoms with van der Waals surface area (Å²) in [5.41, 5.74) is 3.69. The van der Waals surface area contributed by atoms with Gasteiger partial charge in [-0.05, 0) is 77.6 Å². The van der Waals surface area contributed by atoms with Crippen molar-refractivity contribution in [3.05, 3.63) is 51.6 Å². The lowest BCUT2D eigenvalue weighted by Crippen LogP contribution is -2.39. The van der Waals surface area contributed by atoms with E-state index in [0.29, 0.717) is 36.7 Å². The van der Waals surface area contributed by atoms with Crippen molar-refractivity contribution in [2.75, 3.05) is 25.0 Å². The summed E-state index contributed by atoms with van der Waals surface area (Å²) in [4.78, 5) is 36.6. The van der Waals surface area contributed by atoms with Crippen LogP contribution in [0.1, 0.15) is 66.5 Å². The van der Waals surface area contributed by atoms with Gasteiger partial charge in [0.15, 0.2) is 0 Å². The number of aromatic nitrogens is 2. The van der Waals surface area contributed by atoms with E-state index in [9.17, 15) is 9.59 Å². The van der Waals surface area contributed by atoms with E-state index in [1.165, 1.54) is 4.88 Å². The molecule has 2 aromatic heterocycles. The van der Waals surface area contributed by atoms with Crippen LogP contribution >= 0.6 is 11.3 Å². The van der Waals surface area contributed by atoms with Crippen LogP contribution in [0.25, 0.3) is 11.3 Å². The van der Waals surface area contributed by atoms with Crippen LogP contribution in [-0.2, 0) is 17.6 Å². The van der Waals surface area contributed by atoms with Gasteiger partial charge < -0.3 is 24.7 Å². The summed E-state index contributed by atoms with van der Waals surface area (Å²) in [6.45, 7) is 11.0. The molecule has 0 radical (unpaired) electrons. The Morgan fingerprint density at radius 1 is 1.16 bits per heavy atom. The molecule has 3 aromatic rings. The van der Waals surface area contributed by atoms with Gasteiger partial charge in [-0.3, -0.25) is 4.79 Å². The number of aryl methyl sites for hydroxylation is 3. The molecule has 1 aromatic carbocycles. The molecule has 0 fully saturated rings. The maximum Gasteiger partial charge on any atom is 0.410 e. The first kappa shape index (κ1) is 26.7. The van der Waals surface area contributed by atoms with E-state index in [1.807, 2.05) is 58.9 Å². The standard InChI is InChI=1S/C28H36N4O4S/c1-6-14-32(27(34)36-28(3,4)5)15-16-35-20-12-10-19(11-13-20)31-26(33)21-17-29-22-8-7-9-23-25(24(21)22)30-18(2)37-23/h10-13,17,29H,6-9,14-16H2,1-5H3,(H,31,33). The largest absolute Gasteiger partial charge is 0.492 e. The number of hydrogen-bond donors (Lipinski definition) is 2. The predicted octanol–water partition coefficient (Wildman–Crippen LogP) is 6.21. The highest BCUT2D eigenvalue weighted by Gasteiger charge is 2.26. The first-order valence-corrected chi connectivity index (χ1v) is 13.7. The lowest BCUT2D eigenvalue weighted by atomic mass is 10.1. The van der Waals surface area contributed by atoms with Crippen LogP contribution in [0.4, 0.5) is 10.5 Å². The first-order chi connectivity index (χ1) is 17.6. The summed E-state index contributed by atoms with van der Waals surface area (Å²) in [6.07, 6.45) is 5.22. The van der Waals surface area contributed by atoms with Gasteiger partial charge in [-0.25, -0.2) is 9.78 Å². The number of thiazole rings is 1. The number of carbonyl (C=O) groups is 2. The minimum Gasteiger partial charge on any atom is -0.492 e. The molecule has 9 heteroatoms. The van der Waals surface area contributed by atoms with E-state index in [1.54, 1.807) is 22.4 Å². The third-order valence-corrected chi connectivity index (χ3v) is 7.00. The van der Waals surface area contributed by atoms with Gasteiger partial charge >= 0.3 is 6.09 Å². The van der Waals surface area contributed by atoms with Gasteiger partial charge in [0, 0.05) is 34.6 Å². The number of fused-ring (bicyclic) bond motifs is 3. The summed E-state index contributed by atoms with van der Waals surface area (Å²) in [7, 11) is 0. The van der Waals surface area contributed by atoms with Crippen molar-refractivity contribution in [3.63, 3.8) is 0 Å². The van der Waals surface area contributed by atoms with Crippen molar-refractivity contribution in [2.45, 2.75) is 65.9 Å². The van der Waals surface area contributed by atoms with Crippen LogP contribution in [0.2, 0.25) is 0 Å². The third kappa shape index (κ3) is 6.71. The Kier molecular flexibility index (Phi) is 8.22. The monoisotopic (exact) mass is 524 g/mol. The number of aromatic amines is 1. The zero-order valence-electron chi connectivity index (χ0n) is 22.3. The molecular weight excluding hydrogens is 488 g/mol. The molecule has 0 spiro atoms. The fourth-order valence-corrected chi connectivity index (χ4v) is 5.35. The van der Waals surface area contributed by atoms with Crippen molar-refractivity contribution in [2.24, 2.45) is 0 Å². The first-order valence-electron chi connectivity index (χ1n) is 12.8. The fraction of sp³-hybridized carbons (Fsp3) is 0.464. The highest BCUT2D eigenvalue weighted by Crippen LogP contribution is 2.37. The molecular formula is C28H36N4O4S. The molecule has 2 amide bonds. The van der Waals surface area contributed by atoms with Crippen molar-refractivity contribution in [1.82, 2.24) is 14.9 Å². The smallest absolute Gasteiger partial charge is 0.410 e. The number of hydrogen-bond acceptors (Lipinski definition) is 6. The van der Waals surface area contributed by atoms with Crippen molar-refractivity contribution < 1.29 is 19.1 Å². The van der Waals surface area contributed by atoms with Crippen LogP contribution in [0.5, 0.6) is 5.75 Å².